The van der Waals surface area contributed by atoms with Crippen LogP contribution in [-0.2, 0) is 25.6 Å². The Labute approximate surface area is 195 Å². The van der Waals surface area contributed by atoms with Crippen molar-refractivity contribution in [2.75, 3.05) is 26.9 Å². The fraction of sp³-hybridized carbons (Fsp3) is 0.304. The van der Waals surface area contributed by atoms with E-state index in [0.717, 1.165) is 4.90 Å². The molecule has 2 heterocycles. The van der Waals surface area contributed by atoms with Crippen LogP contribution in [0.25, 0.3) is 6.08 Å². The molecule has 34 heavy (non-hydrogen) atoms. The number of esters is 2. The summed E-state index contributed by atoms with van der Waals surface area (Å²) in [6, 6.07) is 7.11. The van der Waals surface area contributed by atoms with Gasteiger partial charge in [-0.1, -0.05) is 6.07 Å². The number of ether oxygens (including phenoxy) is 4. The van der Waals surface area contributed by atoms with Gasteiger partial charge < -0.3 is 28.7 Å². The van der Waals surface area contributed by atoms with E-state index < -0.39 is 23.9 Å². The third-order valence-corrected chi connectivity index (χ3v) is 4.55. The molecule has 11 nitrogen and oxygen atoms in total. The summed E-state index contributed by atoms with van der Waals surface area (Å²) in [5, 5.41) is 2.52. The number of carbonyl (C=O) groups is 4. The fourth-order valence-electron chi connectivity index (χ4n) is 3.05. The molecule has 11 heteroatoms. The summed E-state index contributed by atoms with van der Waals surface area (Å²) in [6.45, 7) is 3.64. The van der Waals surface area contributed by atoms with Crippen LogP contribution in [0.2, 0.25) is 0 Å². The first-order valence-corrected chi connectivity index (χ1v) is 10.4. The van der Waals surface area contributed by atoms with Crippen LogP contribution in [-0.4, -0.2) is 55.7 Å². The largest absolute Gasteiger partial charge is 0.490 e. The van der Waals surface area contributed by atoms with Crippen molar-refractivity contribution in [1.29, 1.82) is 0 Å². The molecule has 2 aromatic rings. The predicted octanol–water partition coefficient (Wildman–Crippen LogP) is 2.50. The molecule has 0 aliphatic carbocycles. The molecule has 3 amide bonds. The third-order valence-electron chi connectivity index (χ3n) is 4.55. The Morgan fingerprint density at radius 2 is 1.85 bits per heavy atom. The molecule has 0 unspecified atom stereocenters. The van der Waals surface area contributed by atoms with Gasteiger partial charge in [-0.2, -0.15) is 0 Å². The molecule has 1 aromatic carbocycles. The molecular weight excluding hydrogens is 448 g/mol. The molecule has 0 atom stereocenters. The molecule has 1 aliphatic heterocycles. The Kier molecular flexibility index (Phi) is 7.91. The summed E-state index contributed by atoms with van der Waals surface area (Å²) in [5.74, 6) is -0.836. The molecule has 1 fully saturated rings. The number of urea groups is 1. The molecule has 0 spiro atoms. The maximum atomic E-state index is 12.8. The zero-order valence-electron chi connectivity index (χ0n) is 18.9. The van der Waals surface area contributed by atoms with Gasteiger partial charge in [0.1, 0.15) is 11.5 Å². The SMILES string of the molecule is CCOC(=O)COc1ccc(/C=C2\NC(=O)N(Cc3ccc(C(=O)OC)o3)C2=O)cc1OCC. The number of nitrogens with zero attached hydrogens (tertiary/aromatic N) is 1. The standard InChI is InChI=1S/C23H24N2O9/c1-4-31-19-11-14(6-8-17(19)33-13-20(26)32-5-2)10-16-21(27)25(23(29)24-16)12-15-7-9-18(34-15)22(28)30-3/h6-11H,4-5,12-13H2,1-3H3,(H,24,29)/b16-10-. The first-order valence-electron chi connectivity index (χ1n) is 10.4. The lowest BCUT2D eigenvalue weighted by Gasteiger charge is -2.12. The highest BCUT2D eigenvalue weighted by atomic mass is 16.6. The van der Waals surface area contributed by atoms with E-state index in [1.54, 1.807) is 32.0 Å². The Morgan fingerprint density at radius 1 is 1.06 bits per heavy atom. The highest BCUT2D eigenvalue weighted by Crippen LogP contribution is 2.30. The van der Waals surface area contributed by atoms with Crippen LogP contribution in [0.3, 0.4) is 0 Å². The van der Waals surface area contributed by atoms with Gasteiger partial charge in [-0.15, -0.1) is 0 Å². The van der Waals surface area contributed by atoms with Gasteiger partial charge in [-0.3, -0.25) is 9.69 Å². The van der Waals surface area contributed by atoms with Gasteiger partial charge in [-0.25, -0.2) is 14.4 Å². The first-order chi connectivity index (χ1) is 16.4. The normalized spacial score (nSPS) is 14.2. The smallest absolute Gasteiger partial charge is 0.373 e. The van der Waals surface area contributed by atoms with E-state index in [1.165, 1.54) is 25.3 Å². The minimum atomic E-state index is -0.663. The van der Waals surface area contributed by atoms with Gasteiger partial charge in [0.25, 0.3) is 5.91 Å². The van der Waals surface area contributed by atoms with Crippen LogP contribution in [0.5, 0.6) is 11.5 Å². The molecule has 1 saturated heterocycles. The molecule has 1 N–H and O–H groups in total. The van der Waals surface area contributed by atoms with Crippen molar-refractivity contribution in [2.45, 2.75) is 20.4 Å². The van der Waals surface area contributed by atoms with Gasteiger partial charge in [0.2, 0.25) is 5.76 Å². The highest BCUT2D eigenvalue weighted by Gasteiger charge is 2.34. The summed E-state index contributed by atoms with van der Waals surface area (Å²) in [6.07, 6.45) is 1.49. The van der Waals surface area contributed by atoms with Crippen molar-refractivity contribution < 1.29 is 42.5 Å². The average Bonchev–Trinajstić information content (AvgIpc) is 3.39. The lowest BCUT2D eigenvalue weighted by Crippen LogP contribution is -2.30. The average molecular weight is 472 g/mol. The van der Waals surface area contributed by atoms with Gasteiger partial charge in [0, 0.05) is 0 Å². The second-order valence-corrected chi connectivity index (χ2v) is 6.87. The van der Waals surface area contributed by atoms with Crippen LogP contribution >= 0.6 is 0 Å². The second-order valence-electron chi connectivity index (χ2n) is 6.87. The van der Waals surface area contributed by atoms with Crippen LogP contribution in [0.15, 0.2) is 40.4 Å². The first kappa shape index (κ1) is 24.4. The quantitative estimate of drug-likeness (QED) is 0.314. The zero-order valence-corrected chi connectivity index (χ0v) is 18.9. The number of nitrogens with one attached hydrogen (secondary N) is 1. The molecular formula is C23H24N2O9. The minimum Gasteiger partial charge on any atom is -0.490 e. The molecule has 1 aromatic heterocycles. The number of methoxy groups -OCH3 is 1. The maximum Gasteiger partial charge on any atom is 0.373 e. The van der Waals surface area contributed by atoms with Gasteiger partial charge in [-0.05, 0) is 49.8 Å². The number of hydrogen-bond donors (Lipinski definition) is 1. The lowest BCUT2D eigenvalue weighted by molar-refractivity contribution is -0.145. The summed E-state index contributed by atoms with van der Waals surface area (Å²) in [4.78, 5) is 49.1. The Balaban J connectivity index is 1.74. The molecule has 0 saturated carbocycles. The number of rotatable bonds is 10. The number of benzene rings is 1. The summed E-state index contributed by atoms with van der Waals surface area (Å²) >= 11 is 0. The van der Waals surface area contributed by atoms with E-state index in [9.17, 15) is 19.2 Å². The molecule has 3 rings (SSSR count). The number of imide groups is 1. The highest BCUT2D eigenvalue weighted by molar-refractivity contribution is 6.13. The monoisotopic (exact) mass is 472 g/mol. The Hall–Kier alpha value is -4.28. The van der Waals surface area contributed by atoms with Crippen molar-refractivity contribution in [1.82, 2.24) is 10.2 Å². The second kappa shape index (κ2) is 11.0. The number of carbonyl (C=O) groups excluding carboxylic acids is 4. The number of hydrogen-bond acceptors (Lipinski definition) is 9. The van der Waals surface area contributed by atoms with E-state index in [1.807, 2.05) is 0 Å². The number of furan rings is 1. The predicted molar refractivity (Wildman–Crippen MR) is 117 cm³/mol. The van der Waals surface area contributed by atoms with Crippen LogP contribution in [0, 0.1) is 0 Å². The Morgan fingerprint density at radius 3 is 2.56 bits per heavy atom. The van der Waals surface area contributed by atoms with Crippen LogP contribution in [0.4, 0.5) is 4.79 Å². The topological polar surface area (TPSA) is 134 Å². The van der Waals surface area contributed by atoms with E-state index in [-0.39, 0.29) is 37.0 Å². The number of amides is 3. The third kappa shape index (κ3) is 5.74. The summed E-state index contributed by atoms with van der Waals surface area (Å²) < 4.78 is 25.8. The van der Waals surface area contributed by atoms with Crippen LogP contribution < -0.4 is 14.8 Å². The maximum absolute atomic E-state index is 12.8. The van der Waals surface area contributed by atoms with Crippen LogP contribution in [0.1, 0.15) is 35.7 Å². The van der Waals surface area contributed by atoms with Gasteiger partial charge in [0.05, 0.1) is 26.9 Å². The fourth-order valence-corrected chi connectivity index (χ4v) is 3.05. The summed E-state index contributed by atoms with van der Waals surface area (Å²) in [5.41, 5.74) is 0.607. The van der Waals surface area contributed by atoms with Gasteiger partial charge in [0.15, 0.2) is 18.1 Å². The van der Waals surface area contributed by atoms with Crippen molar-refractivity contribution in [3.8, 4) is 11.5 Å². The van der Waals surface area contributed by atoms with Crippen molar-refractivity contribution in [2.24, 2.45) is 0 Å². The Bertz CT molecular complexity index is 1120. The van der Waals surface area contributed by atoms with Crippen molar-refractivity contribution in [3.63, 3.8) is 0 Å². The lowest BCUT2D eigenvalue weighted by atomic mass is 10.1. The van der Waals surface area contributed by atoms with Crippen molar-refractivity contribution >= 4 is 30.0 Å². The summed E-state index contributed by atoms with van der Waals surface area (Å²) in [7, 11) is 1.22. The van der Waals surface area contributed by atoms with E-state index in [2.05, 4.69) is 10.1 Å². The minimum absolute atomic E-state index is 0.0333. The zero-order chi connectivity index (χ0) is 24.7. The molecule has 1 aliphatic rings. The van der Waals surface area contributed by atoms with Gasteiger partial charge >= 0.3 is 18.0 Å². The van der Waals surface area contributed by atoms with Crippen molar-refractivity contribution in [3.05, 3.63) is 53.1 Å². The molecule has 180 valence electrons. The van der Waals surface area contributed by atoms with E-state index >= 15 is 0 Å². The molecule has 0 bridgehead atoms. The molecule has 0 radical (unpaired) electrons. The van der Waals surface area contributed by atoms with E-state index in [4.69, 9.17) is 18.6 Å². The van der Waals surface area contributed by atoms with E-state index in [0.29, 0.717) is 23.7 Å².